The third-order valence-electron chi connectivity index (χ3n) is 8.30. The largest absolute Gasteiger partial charge is 0.343 e. The number of amides is 1. The molecule has 0 aliphatic carbocycles. The molecule has 196 valence electrons. The minimum atomic E-state index is -0.470. The molecule has 1 fully saturated rings. The molecule has 5 nitrogen and oxygen atoms in total. The van der Waals surface area contributed by atoms with Crippen LogP contribution in [0, 0.1) is 5.92 Å². The van der Waals surface area contributed by atoms with Crippen molar-refractivity contribution < 1.29 is 4.79 Å². The van der Waals surface area contributed by atoms with Gasteiger partial charge < -0.3 is 14.8 Å². The predicted octanol–water partition coefficient (Wildman–Crippen LogP) is 6.50. The van der Waals surface area contributed by atoms with Gasteiger partial charge in [0.25, 0.3) is 0 Å². The first-order valence-corrected chi connectivity index (χ1v) is 14.4. The molecule has 3 heterocycles. The van der Waals surface area contributed by atoms with E-state index in [9.17, 15) is 4.79 Å². The number of rotatable bonds is 11. The van der Waals surface area contributed by atoms with Gasteiger partial charge in [-0.3, -0.25) is 4.79 Å². The Morgan fingerprint density at radius 3 is 2.65 bits per heavy atom. The van der Waals surface area contributed by atoms with E-state index in [4.69, 9.17) is 11.6 Å². The van der Waals surface area contributed by atoms with Gasteiger partial charge >= 0.3 is 0 Å². The van der Waals surface area contributed by atoms with Crippen molar-refractivity contribution >= 4 is 17.5 Å². The number of nitrogens with one attached hydrogen (secondary N) is 1. The standard InChI is InChI=1S/C31H39ClN4O/c1-2-3-4-7-18-33-23-24-15-20-35(21-16-24)29(37)14-17-31(25-10-12-26(32)13-11-25)28-9-6-5-8-27(28)30-34-19-22-36(30)31/h5-6,8-13,19,22,24,33H,2-4,7,14-18,20-21,23H2,1H3. The number of piperidine rings is 1. The molecule has 1 amide bonds. The smallest absolute Gasteiger partial charge is 0.222 e. The van der Waals surface area contributed by atoms with E-state index in [-0.39, 0.29) is 5.91 Å². The number of benzene rings is 2. The number of unbranched alkanes of at least 4 members (excludes halogenated alkanes) is 3. The summed E-state index contributed by atoms with van der Waals surface area (Å²) in [4.78, 5) is 20.2. The van der Waals surface area contributed by atoms with E-state index >= 15 is 0 Å². The molecular weight excluding hydrogens is 480 g/mol. The Morgan fingerprint density at radius 1 is 1.08 bits per heavy atom. The van der Waals surface area contributed by atoms with Gasteiger partial charge in [-0.1, -0.05) is 74.2 Å². The number of imidazole rings is 1. The van der Waals surface area contributed by atoms with Crippen LogP contribution in [0.4, 0.5) is 0 Å². The van der Waals surface area contributed by atoms with Gasteiger partial charge in [0.05, 0.1) is 5.54 Å². The fraction of sp³-hybridized carbons (Fsp3) is 0.484. The van der Waals surface area contributed by atoms with Crippen LogP contribution in [-0.2, 0) is 10.3 Å². The van der Waals surface area contributed by atoms with Gasteiger partial charge in [0.15, 0.2) is 0 Å². The molecule has 0 radical (unpaired) electrons. The maximum absolute atomic E-state index is 13.5. The molecule has 1 atom stereocenters. The van der Waals surface area contributed by atoms with Crippen molar-refractivity contribution in [3.05, 3.63) is 77.1 Å². The molecule has 1 aromatic heterocycles. The van der Waals surface area contributed by atoms with Crippen molar-refractivity contribution in [1.29, 1.82) is 0 Å². The van der Waals surface area contributed by atoms with Crippen molar-refractivity contribution in [3.63, 3.8) is 0 Å². The van der Waals surface area contributed by atoms with Crippen LogP contribution >= 0.6 is 11.6 Å². The Hall–Kier alpha value is -2.63. The number of likely N-dealkylation sites (tertiary alicyclic amines) is 1. The first-order valence-electron chi connectivity index (χ1n) is 14.0. The minimum Gasteiger partial charge on any atom is -0.343 e. The topological polar surface area (TPSA) is 50.2 Å². The monoisotopic (exact) mass is 518 g/mol. The number of hydrogen-bond donors (Lipinski definition) is 1. The Labute approximate surface area is 226 Å². The molecule has 0 spiro atoms. The van der Waals surface area contributed by atoms with Crippen LogP contribution in [0.15, 0.2) is 60.9 Å². The Balaban J connectivity index is 1.25. The molecule has 2 aliphatic rings. The first-order chi connectivity index (χ1) is 18.1. The molecule has 2 aliphatic heterocycles. The van der Waals surface area contributed by atoms with Crippen molar-refractivity contribution in [2.75, 3.05) is 26.2 Å². The highest BCUT2D eigenvalue weighted by atomic mass is 35.5. The summed E-state index contributed by atoms with van der Waals surface area (Å²) in [5, 5.41) is 4.36. The van der Waals surface area contributed by atoms with E-state index in [1.54, 1.807) is 0 Å². The number of carbonyl (C=O) groups is 1. The fourth-order valence-corrected chi connectivity index (χ4v) is 6.34. The zero-order valence-corrected chi connectivity index (χ0v) is 22.7. The maximum atomic E-state index is 13.5. The van der Waals surface area contributed by atoms with Gasteiger partial charge in [-0.05, 0) is 68.0 Å². The van der Waals surface area contributed by atoms with Gasteiger partial charge in [-0.2, -0.15) is 0 Å². The van der Waals surface area contributed by atoms with E-state index in [0.717, 1.165) is 56.0 Å². The number of aromatic nitrogens is 2. The highest BCUT2D eigenvalue weighted by Gasteiger charge is 2.45. The van der Waals surface area contributed by atoms with Crippen molar-refractivity contribution in [2.45, 2.75) is 63.8 Å². The van der Waals surface area contributed by atoms with E-state index in [0.29, 0.717) is 23.8 Å². The molecule has 3 aromatic rings. The number of hydrogen-bond acceptors (Lipinski definition) is 3. The van der Waals surface area contributed by atoms with Crippen LogP contribution in [0.2, 0.25) is 5.02 Å². The minimum absolute atomic E-state index is 0.255. The molecule has 1 unspecified atom stereocenters. The van der Waals surface area contributed by atoms with Gasteiger partial charge in [0.2, 0.25) is 5.91 Å². The van der Waals surface area contributed by atoms with E-state index < -0.39 is 5.54 Å². The van der Waals surface area contributed by atoms with Gasteiger partial charge in [0.1, 0.15) is 5.82 Å². The number of halogens is 1. The lowest BCUT2D eigenvalue weighted by molar-refractivity contribution is -0.133. The lowest BCUT2D eigenvalue weighted by atomic mass is 9.79. The fourth-order valence-electron chi connectivity index (χ4n) is 6.21. The summed E-state index contributed by atoms with van der Waals surface area (Å²) in [6.45, 7) is 6.17. The molecule has 0 bridgehead atoms. The normalized spacial score (nSPS) is 19.1. The highest BCUT2D eigenvalue weighted by molar-refractivity contribution is 6.30. The molecule has 0 saturated carbocycles. The molecule has 1 N–H and O–H groups in total. The zero-order valence-electron chi connectivity index (χ0n) is 22.0. The summed E-state index contributed by atoms with van der Waals surface area (Å²) in [6, 6.07) is 16.5. The third kappa shape index (κ3) is 5.35. The second-order valence-corrected chi connectivity index (χ2v) is 11.1. The Kier molecular flexibility index (Phi) is 8.31. The number of carbonyl (C=O) groups excluding carboxylic acids is 1. The molecule has 1 saturated heterocycles. The molecule has 2 aromatic carbocycles. The number of fused-ring (bicyclic) bond motifs is 3. The summed E-state index contributed by atoms with van der Waals surface area (Å²) in [6.07, 6.45) is 12.5. The summed E-state index contributed by atoms with van der Waals surface area (Å²) in [7, 11) is 0. The SMILES string of the molecule is CCCCCCNCC1CCN(C(=O)CCC2(c3ccc(Cl)cc3)c3ccccc3-c3nccn32)CC1. The lowest BCUT2D eigenvalue weighted by Gasteiger charge is -2.36. The third-order valence-corrected chi connectivity index (χ3v) is 8.55. The summed E-state index contributed by atoms with van der Waals surface area (Å²) >= 11 is 6.26. The zero-order chi connectivity index (χ0) is 25.7. The lowest BCUT2D eigenvalue weighted by Crippen LogP contribution is -2.42. The summed E-state index contributed by atoms with van der Waals surface area (Å²) < 4.78 is 2.26. The van der Waals surface area contributed by atoms with E-state index in [2.05, 4.69) is 69.3 Å². The average Bonchev–Trinajstić information content (AvgIpc) is 3.51. The van der Waals surface area contributed by atoms with Crippen LogP contribution in [-0.4, -0.2) is 46.5 Å². The first kappa shape index (κ1) is 26.0. The van der Waals surface area contributed by atoms with Gasteiger partial charge in [0, 0.05) is 42.5 Å². The van der Waals surface area contributed by atoms with Crippen LogP contribution in [0.5, 0.6) is 0 Å². The average molecular weight is 519 g/mol. The summed E-state index contributed by atoms with van der Waals surface area (Å²) in [5.74, 6) is 1.89. The highest BCUT2D eigenvalue weighted by Crippen LogP contribution is 2.49. The molecular formula is C31H39ClN4O. The van der Waals surface area contributed by atoms with Crippen molar-refractivity contribution in [1.82, 2.24) is 19.8 Å². The second kappa shape index (κ2) is 11.8. The van der Waals surface area contributed by atoms with Crippen LogP contribution in [0.3, 0.4) is 0 Å². The quantitative estimate of drug-likeness (QED) is 0.295. The van der Waals surface area contributed by atoms with Crippen LogP contribution < -0.4 is 5.32 Å². The predicted molar refractivity (Wildman–Crippen MR) is 151 cm³/mol. The van der Waals surface area contributed by atoms with E-state index in [1.807, 2.05) is 18.3 Å². The van der Waals surface area contributed by atoms with Gasteiger partial charge in [-0.15, -0.1) is 0 Å². The van der Waals surface area contributed by atoms with Gasteiger partial charge in [-0.25, -0.2) is 4.98 Å². The maximum Gasteiger partial charge on any atom is 0.222 e. The Bertz CT molecular complexity index is 1180. The molecule has 6 heteroatoms. The van der Waals surface area contributed by atoms with E-state index in [1.165, 1.54) is 31.2 Å². The van der Waals surface area contributed by atoms with Crippen molar-refractivity contribution in [3.8, 4) is 11.4 Å². The van der Waals surface area contributed by atoms with Crippen molar-refractivity contribution in [2.24, 2.45) is 5.92 Å². The molecule has 5 rings (SSSR count). The van der Waals surface area contributed by atoms with Crippen LogP contribution in [0.25, 0.3) is 11.4 Å². The summed E-state index contributed by atoms with van der Waals surface area (Å²) in [5.41, 5.74) is 3.01. The van der Waals surface area contributed by atoms with Crippen LogP contribution in [0.1, 0.15) is 69.4 Å². The second-order valence-electron chi connectivity index (χ2n) is 10.6. The molecule has 37 heavy (non-hydrogen) atoms. The Morgan fingerprint density at radius 2 is 1.86 bits per heavy atom. The number of nitrogens with zero attached hydrogens (tertiary/aromatic N) is 3.